The summed E-state index contributed by atoms with van der Waals surface area (Å²) < 4.78 is 0. The minimum absolute atomic E-state index is 0.0968. The first-order valence-corrected chi connectivity index (χ1v) is 9.01. The zero-order valence-electron chi connectivity index (χ0n) is 16.3. The van der Waals surface area contributed by atoms with Crippen LogP contribution in [0.4, 0.5) is 5.82 Å². The number of hydrogen-bond acceptors (Lipinski definition) is 5. The highest BCUT2D eigenvalue weighted by atomic mass is 16.2. The summed E-state index contributed by atoms with van der Waals surface area (Å²) in [5, 5.41) is 3.21. The molecule has 6 nitrogen and oxygen atoms in total. The van der Waals surface area contributed by atoms with Crippen molar-refractivity contribution >= 4 is 11.7 Å². The number of pyridine rings is 1. The maximum atomic E-state index is 12.5. The van der Waals surface area contributed by atoms with E-state index in [4.69, 9.17) is 5.73 Å². The Morgan fingerprint density at radius 1 is 1.24 bits per heavy atom. The number of nitrogens with one attached hydrogen (secondary N) is 1. The lowest BCUT2D eigenvalue weighted by Gasteiger charge is -2.37. The van der Waals surface area contributed by atoms with Crippen molar-refractivity contribution in [2.45, 2.75) is 45.1 Å². The van der Waals surface area contributed by atoms with E-state index in [1.807, 2.05) is 12.1 Å². The topological polar surface area (TPSA) is 74.5 Å². The van der Waals surface area contributed by atoms with Crippen molar-refractivity contribution in [1.82, 2.24) is 20.1 Å². The monoisotopic (exact) mass is 347 g/mol. The normalized spacial score (nSPS) is 17.5. The molecule has 1 saturated heterocycles. The molecule has 1 amide bonds. The summed E-state index contributed by atoms with van der Waals surface area (Å²) in [4.78, 5) is 21.1. The molecule has 3 N–H and O–H groups in total. The molecule has 25 heavy (non-hydrogen) atoms. The zero-order chi connectivity index (χ0) is 18.7. The van der Waals surface area contributed by atoms with Crippen LogP contribution in [0.25, 0.3) is 0 Å². The largest absolute Gasteiger partial charge is 0.384 e. The summed E-state index contributed by atoms with van der Waals surface area (Å²) in [5.41, 5.74) is 6.55. The van der Waals surface area contributed by atoms with Crippen LogP contribution >= 0.6 is 0 Å². The Kier molecular flexibility index (Phi) is 6.06. The highest BCUT2D eigenvalue weighted by molar-refractivity contribution is 5.78. The van der Waals surface area contributed by atoms with Gasteiger partial charge in [0, 0.05) is 37.9 Å². The lowest BCUT2D eigenvalue weighted by molar-refractivity contribution is -0.124. The van der Waals surface area contributed by atoms with E-state index in [0.29, 0.717) is 12.4 Å². The van der Waals surface area contributed by atoms with Crippen LogP contribution in [0.2, 0.25) is 0 Å². The number of carbonyl (C=O) groups is 1. The second-order valence-electron chi connectivity index (χ2n) is 8.54. The minimum Gasteiger partial charge on any atom is -0.384 e. The SMILES string of the molecule is CN1CCN(CC(=O)NC(C)(C)CC(C)(C)c2ccnc(N)c2)CC1. The molecule has 1 aliphatic heterocycles. The van der Waals surface area contributed by atoms with E-state index in [1.54, 1.807) is 6.20 Å². The Balaban J connectivity index is 1.92. The van der Waals surface area contributed by atoms with Crippen molar-refractivity contribution in [1.29, 1.82) is 0 Å². The van der Waals surface area contributed by atoms with Gasteiger partial charge < -0.3 is 16.0 Å². The lowest BCUT2D eigenvalue weighted by Crippen LogP contribution is -2.53. The molecule has 1 aromatic rings. The molecule has 0 unspecified atom stereocenters. The third-order valence-corrected chi connectivity index (χ3v) is 4.89. The van der Waals surface area contributed by atoms with Gasteiger partial charge in [-0.1, -0.05) is 13.8 Å². The molecule has 1 aromatic heterocycles. The van der Waals surface area contributed by atoms with E-state index in [9.17, 15) is 4.79 Å². The summed E-state index contributed by atoms with van der Waals surface area (Å²) in [6.45, 7) is 12.9. The smallest absolute Gasteiger partial charge is 0.234 e. The number of amides is 1. The number of rotatable bonds is 6. The van der Waals surface area contributed by atoms with Gasteiger partial charge in [-0.25, -0.2) is 4.98 Å². The molecule has 0 aromatic carbocycles. The molecule has 6 heteroatoms. The molecule has 2 heterocycles. The van der Waals surface area contributed by atoms with Gasteiger partial charge in [0.05, 0.1) is 6.54 Å². The first kappa shape index (κ1) is 19.7. The van der Waals surface area contributed by atoms with E-state index >= 15 is 0 Å². The zero-order valence-corrected chi connectivity index (χ0v) is 16.3. The van der Waals surface area contributed by atoms with Gasteiger partial charge in [0.1, 0.15) is 5.82 Å². The van der Waals surface area contributed by atoms with E-state index < -0.39 is 0 Å². The summed E-state index contributed by atoms with van der Waals surface area (Å²) in [7, 11) is 2.12. The molecule has 0 aliphatic carbocycles. The van der Waals surface area contributed by atoms with Gasteiger partial charge in [0.2, 0.25) is 5.91 Å². The Morgan fingerprint density at radius 3 is 2.48 bits per heavy atom. The second kappa shape index (κ2) is 7.70. The standard InChI is InChI=1S/C19H33N5O/c1-18(2,15-6-7-21-16(20)12-15)14-19(3,4)22-17(25)13-24-10-8-23(5)9-11-24/h6-7,12H,8-11,13-14H2,1-5H3,(H2,20,21)(H,22,25). The van der Waals surface area contributed by atoms with Crippen LogP contribution in [0.15, 0.2) is 18.3 Å². The average Bonchev–Trinajstić information content (AvgIpc) is 2.48. The van der Waals surface area contributed by atoms with Gasteiger partial charge in [-0.05, 0) is 50.4 Å². The fourth-order valence-corrected chi connectivity index (χ4v) is 3.75. The molecule has 0 radical (unpaired) electrons. The van der Waals surface area contributed by atoms with Crippen LogP contribution in [0, 0.1) is 0 Å². The average molecular weight is 348 g/mol. The summed E-state index contributed by atoms with van der Waals surface area (Å²) >= 11 is 0. The van der Waals surface area contributed by atoms with Gasteiger partial charge in [-0.15, -0.1) is 0 Å². The first-order chi connectivity index (χ1) is 11.6. The number of nitrogens with two attached hydrogens (primary N) is 1. The van der Waals surface area contributed by atoms with E-state index in [1.165, 1.54) is 0 Å². The van der Waals surface area contributed by atoms with Crippen LogP contribution in [0.5, 0.6) is 0 Å². The molecule has 0 spiro atoms. The number of anilines is 1. The van der Waals surface area contributed by atoms with Gasteiger partial charge >= 0.3 is 0 Å². The molecule has 140 valence electrons. The van der Waals surface area contributed by atoms with Crippen molar-refractivity contribution in [3.05, 3.63) is 23.9 Å². The summed E-state index contributed by atoms with van der Waals surface area (Å²) in [5.74, 6) is 0.627. The lowest BCUT2D eigenvalue weighted by atomic mass is 9.75. The van der Waals surface area contributed by atoms with Gasteiger partial charge in [-0.2, -0.15) is 0 Å². The Bertz CT molecular complexity index is 591. The quantitative estimate of drug-likeness (QED) is 0.815. The molecule has 0 bridgehead atoms. The van der Waals surface area contributed by atoms with Crippen molar-refractivity contribution < 1.29 is 4.79 Å². The fourth-order valence-electron chi connectivity index (χ4n) is 3.75. The number of hydrogen-bond donors (Lipinski definition) is 2. The number of carbonyl (C=O) groups excluding carboxylic acids is 1. The summed E-state index contributed by atoms with van der Waals surface area (Å²) in [6, 6.07) is 3.92. The fraction of sp³-hybridized carbons (Fsp3) is 0.684. The molecule has 1 aliphatic rings. The van der Waals surface area contributed by atoms with Crippen molar-refractivity contribution in [2.75, 3.05) is 45.5 Å². The number of piperazine rings is 1. The molecule has 0 saturated carbocycles. The van der Waals surface area contributed by atoms with Crippen LogP contribution < -0.4 is 11.1 Å². The molecule has 2 rings (SSSR count). The third-order valence-electron chi connectivity index (χ3n) is 4.89. The Labute approximate surface area is 151 Å². The second-order valence-corrected chi connectivity index (χ2v) is 8.54. The molecule has 0 atom stereocenters. The summed E-state index contributed by atoms with van der Waals surface area (Å²) in [6.07, 6.45) is 2.56. The van der Waals surface area contributed by atoms with Crippen molar-refractivity contribution in [3.63, 3.8) is 0 Å². The van der Waals surface area contributed by atoms with Gasteiger partial charge in [0.15, 0.2) is 0 Å². The van der Waals surface area contributed by atoms with E-state index in [2.05, 4.69) is 54.8 Å². The van der Waals surface area contributed by atoms with Crippen LogP contribution in [-0.2, 0) is 10.2 Å². The number of likely N-dealkylation sites (N-methyl/N-ethyl adjacent to an activating group) is 1. The van der Waals surface area contributed by atoms with Crippen LogP contribution in [0.3, 0.4) is 0 Å². The van der Waals surface area contributed by atoms with Gasteiger partial charge in [-0.3, -0.25) is 9.69 Å². The number of nitrogens with zero attached hydrogens (tertiary/aromatic N) is 3. The molecular weight excluding hydrogens is 314 g/mol. The predicted molar refractivity (Wildman–Crippen MR) is 102 cm³/mol. The van der Waals surface area contributed by atoms with Crippen LogP contribution in [0.1, 0.15) is 39.7 Å². The first-order valence-electron chi connectivity index (χ1n) is 9.01. The highest BCUT2D eigenvalue weighted by Crippen LogP contribution is 2.32. The maximum absolute atomic E-state index is 12.5. The third kappa shape index (κ3) is 5.97. The Hall–Kier alpha value is -1.66. The number of nitrogen functional groups attached to an aromatic ring is 1. The molecular formula is C19H33N5O. The predicted octanol–water partition coefficient (Wildman–Crippen LogP) is 1.47. The van der Waals surface area contributed by atoms with Crippen molar-refractivity contribution in [2.24, 2.45) is 0 Å². The molecule has 1 fully saturated rings. The van der Waals surface area contributed by atoms with E-state index in [0.717, 1.165) is 38.2 Å². The maximum Gasteiger partial charge on any atom is 0.234 e. The highest BCUT2D eigenvalue weighted by Gasteiger charge is 2.32. The van der Waals surface area contributed by atoms with E-state index in [-0.39, 0.29) is 16.9 Å². The number of aromatic nitrogens is 1. The Morgan fingerprint density at radius 2 is 1.88 bits per heavy atom. The van der Waals surface area contributed by atoms with Gasteiger partial charge in [0.25, 0.3) is 0 Å². The minimum atomic E-state index is -0.300. The van der Waals surface area contributed by atoms with Crippen molar-refractivity contribution in [3.8, 4) is 0 Å². The van der Waals surface area contributed by atoms with Crippen LogP contribution in [-0.4, -0.2) is 66.0 Å².